The number of nitrogens with one attached hydrogen (secondary N) is 4. The number of likely N-dealkylation sites (tertiary alicyclic amines) is 2. The maximum Gasteiger partial charge on any atom is 0.407 e. The maximum atomic E-state index is 16.7. The van der Waals surface area contributed by atoms with Crippen molar-refractivity contribution in [1.82, 2.24) is 40.4 Å². The molecule has 4 unspecified atom stereocenters. The van der Waals surface area contributed by atoms with Crippen LogP contribution in [0.15, 0.2) is 54.6 Å². The fraction of sp³-hybridized carbons (Fsp3) is 0.480. The van der Waals surface area contributed by atoms with Gasteiger partial charge in [0, 0.05) is 42.6 Å². The minimum Gasteiger partial charge on any atom is -0.465 e. The van der Waals surface area contributed by atoms with E-state index in [2.05, 4.69) is 53.5 Å². The van der Waals surface area contributed by atoms with E-state index in [0.29, 0.717) is 89.2 Å². The van der Waals surface area contributed by atoms with Gasteiger partial charge in [0.25, 0.3) is 0 Å². The van der Waals surface area contributed by atoms with Crippen LogP contribution in [0.25, 0.3) is 27.6 Å². The number of fused-ring (bicyclic) bond motifs is 2. The fourth-order valence-electron chi connectivity index (χ4n) is 10.2. The van der Waals surface area contributed by atoms with Gasteiger partial charge in [-0.3, -0.25) is 9.59 Å². The number of halogens is 2. The van der Waals surface area contributed by atoms with Crippen molar-refractivity contribution in [3.05, 3.63) is 100 Å². The Morgan fingerprint density at radius 3 is 1.83 bits per heavy atom. The lowest BCUT2D eigenvalue weighted by atomic mass is 9.77. The van der Waals surface area contributed by atoms with Gasteiger partial charge in [-0.25, -0.2) is 28.3 Å². The van der Waals surface area contributed by atoms with Gasteiger partial charge in [-0.05, 0) is 83.8 Å². The molecule has 0 saturated carbocycles. The number of H-pyrrole nitrogens is 2. The second-order valence-corrected chi connectivity index (χ2v) is 19.7. The molecule has 1 aliphatic carbocycles. The first-order valence-electron chi connectivity index (χ1n) is 23.0. The van der Waals surface area contributed by atoms with E-state index in [1.807, 2.05) is 32.1 Å². The smallest absolute Gasteiger partial charge is 0.407 e. The Labute approximate surface area is 383 Å². The second kappa shape index (κ2) is 18.2. The molecule has 2 aromatic heterocycles. The first-order valence-corrected chi connectivity index (χ1v) is 23.0. The summed E-state index contributed by atoms with van der Waals surface area (Å²) in [6.07, 6.45) is 3.13. The molecule has 3 aromatic carbocycles. The lowest BCUT2D eigenvalue weighted by molar-refractivity contribution is -0.136. The number of methoxy groups -OCH3 is 1. The maximum absolute atomic E-state index is 16.7. The summed E-state index contributed by atoms with van der Waals surface area (Å²) < 4.78 is 38.1. The van der Waals surface area contributed by atoms with E-state index in [4.69, 9.17) is 14.7 Å². The van der Waals surface area contributed by atoms with Crippen molar-refractivity contribution in [2.24, 2.45) is 11.8 Å². The van der Waals surface area contributed by atoms with Crippen LogP contribution in [-0.2, 0) is 19.7 Å². The summed E-state index contributed by atoms with van der Waals surface area (Å²) in [6, 6.07) is 12.0. The van der Waals surface area contributed by atoms with Gasteiger partial charge >= 0.3 is 12.2 Å². The molecule has 4 heterocycles. The van der Waals surface area contributed by atoms with Gasteiger partial charge in [0.05, 0.1) is 41.3 Å². The summed E-state index contributed by atoms with van der Waals surface area (Å²) in [5, 5.41) is 14.5. The van der Waals surface area contributed by atoms with Gasteiger partial charge in [0.1, 0.15) is 35.4 Å². The van der Waals surface area contributed by atoms with E-state index in [0.717, 1.165) is 17.5 Å². The van der Waals surface area contributed by atoms with E-state index in [1.165, 1.54) is 19.2 Å². The Kier molecular flexibility index (Phi) is 12.7. The first kappa shape index (κ1) is 46.2. The number of aromatic amines is 2. The van der Waals surface area contributed by atoms with Crippen LogP contribution in [0.5, 0.6) is 0 Å². The van der Waals surface area contributed by atoms with Crippen molar-refractivity contribution in [3.63, 3.8) is 0 Å². The number of rotatable bonds is 11. The lowest BCUT2D eigenvalue weighted by Gasteiger charge is -2.29. The van der Waals surface area contributed by atoms with Crippen LogP contribution in [0, 0.1) is 23.5 Å². The normalized spacial score (nSPS) is 20.9. The van der Waals surface area contributed by atoms with Gasteiger partial charge in [0.15, 0.2) is 0 Å². The molecule has 6 atom stereocenters. The molecule has 66 heavy (non-hydrogen) atoms. The SMILES string of the molecule is COC(=O)NC(C(=O)N1CCC[C@H]1c1nc2cc(F)c(C3=CCC(c4cc5[nH]c(C6CCCN6C(=O)[C@@H](NC(=O)O)C(C)C)nc5cc4F)C3c3ccc(C(C)(C)C)cc3)cc2[nH]1)C(C)C. The second-order valence-electron chi connectivity index (χ2n) is 19.7. The number of hydrogen-bond donors (Lipinski definition) is 5. The number of carbonyl (C=O) groups is 4. The van der Waals surface area contributed by atoms with Crippen LogP contribution in [0.1, 0.15) is 138 Å². The largest absolute Gasteiger partial charge is 0.465 e. The summed E-state index contributed by atoms with van der Waals surface area (Å²) in [7, 11) is 1.25. The standard InChI is InChI=1S/C50H60F2N8O6/c1-25(2)42(57-48(63)64)46(61)59-19-9-11-39(59)44-53-35-21-31(33(51)23-37(35)55-44)29-17-18-30(41(29)27-13-15-28(16-14-27)50(5,6)7)32-22-36-38(24-34(32)52)56-45(54-36)40-12-10-20-60(40)47(62)43(26(3)4)58-49(65)66-8/h13-16,18,21-26,29,39-43,57H,9-12,17,19-20H2,1-8H3,(H,53,55)(H,54,56)(H,58,65)(H,63,64)/t29?,39?,40-,41?,42-,43?/m0/s1. The monoisotopic (exact) mass is 906 g/mol. The molecule has 8 rings (SSSR count). The highest BCUT2D eigenvalue weighted by molar-refractivity contribution is 5.88. The van der Waals surface area contributed by atoms with Crippen molar-refractivity contribution >= 4 is 51.6 Å². The molecular weight excluding hydrogens is 847 g/mol. The summed E-state index contributed by atoms with van der Waals surface area (Å²) in [4.78, 5) is 71.0. The Bertz CT molecular complexity index is 2700. The van der Waals surface area contributed by atoms with Gasteiger partial charge in [0.2, 0.25) is 11.8 Å². The Morgan fingerprint density at radius 1 is 0.788 bits per heavy atom. The predicted molar refractivity (Wildman–Crippen MR) is 247 cm³/mol. The first-order chi connectivity index (χ1) is 31.3. The molecule has 4 amide bonds. The van der Waals surface area contributed by atoms with Crippen LogP contribution in [-0.4, -0.2) is 91.1 Å². The molecule has 2 aliphatic heterocycles. The Morgan fingerprint density at radius 2 is 1.32 bits per heavy atom. The van der Waals surface area contributed by atoms with Gasteiger partial charge < -0.3 is 40.2 Å². The molecule has 0 spiro atoms. The number of aromatic nitrogens is 4. The molecule has 5 aromatic rings. The quantitative estimate of drug-likeness (QED) is 0.0868. The Balaban J connectivity index is 1.13. The lowest BCUT2D eigenvalue weighted by Crippen LogP contribution is -2.51. The number of amides is 4. The van der Waals surface area contributed by atoms with Crippen LogP contribution in [0.3, 0.4) is 0 Å². The summed E-state index contributed by atoms with van der Waals surface area (Å²) in [6.45, 7) is 14.6. The fourth-order valence-corrected chi connectivity index (χ4v) is 10.2. The number of allylic oxidation sites excluding steroid dienone is 2. The zero-order valence-electron chi connectivity index (χ0n) is 38.8. The third-order valence-electron chi connectivity index (χ3n) is 13.7. The van der Waals surface area contributed by atoms with Crippen molar-refractivity contribution in [2.45, 2.75) is 122 Å². The average Bonchev–Trinajstić information content (AvgIpc) is 4.12. The molecular formula is C50H60F2N8O6. The number of alkyl carbamates (subject to hydrolysis) is 1. The highest BCUT2D eigenvalue weighted by Gasteiger charge is 2.41. The zero-order chi connectivity index (χ0) is 47.4. The number of benzene rings is 3. The van der Waals surface area contributed by atoms with E-state index in [-0.39, 0.29) is 29.1 Å². The minimum absolute atomic E-state index is 0.119. The van der Waals surface area contributed by atoms with Crippen LogP contribution < -0.4 is 10.6 Å². The van der Waals surface area contributed by atoms with Crippen LogP contribution in [0.4, 0.5) is 18.4 Å². The molecule has 350 valence electrons. The van der Waals surface area contributed by atoms with E-state index >= 15 is 8.78 Å². The van der Waals surface area contributed by atoms with E-state index in [9.17, 15) is 24.3 Å². The summed E-state index contributed by atoms with van der Waals surface area (Å²) in [5.41, 5.74) is 5.43. The molecule has 2 saturated heterocycles. The summed E-state index contributed by atoms with van der Waals surface area (Å²) in [5.74, 6) is -1.83. The van der Waals surface area contributed by atoms with Crippen molar-refractivity contribution < 1.29 is 37.8 Å². The molecule has 0 bridgehead atoms. The molecule has 14 nitrogen and oxygen atoms in total. The topological polar surface area (TPSA) is 186 Å². The van der Waals surface area contributed by atoms with Crippen molar-refractivity contribution in [1.29, 1.82) is 0 Å². The van der Waals surface area contributed by atoms with E-state index < -0.39 is 59.8 Å². The van der Waals surface area contributed by atoms with Crippen LogP contribution >= 0.6 is 0 Å². The number of hydrogen-bond acceptors (Lipinski definition) is 7. The highest BCUT2D eigenvalue weighted by Crippen LogP contribution is 2.52. The number of imidazole rings is 2. The van der Waals surface area contributed by atoms with Crippen LogP contribution in [0.2, 0.25) is 0 Å². The minimum atomic E-state index is -1.27. The third kappa shape index (κ3) is 8.85. The zero-order valence-corrected chi connectivity index (χ0v) is 38.8. The highest BCUT2D eigenvalue weighted by atomic mass is 19.1. The molecule has 5 N–H and O–H groups in total. The van der Waals surface area contributed by atoms with Gasteiger partial charge in [-0.15, -0.1) is 0 Å². The Hall–Kier alpha value is -6.32. The molecule has 16 heteroatoms. The van der Waals surface area contributed by atoms with Gasteiger partial charge in [-0.1, -0.05) is 78.8 Å². The number of ether oxygens (including phenoxy) is 1. The van der Waals surface area contributed by atoms with E-state index in [1.54, 1.807) is 35.8 Å². The van der Waals surface area contributed by atoms with Crippen molar-refractivity contribution in [2.75, 3.05) is 20.2 Å². The predicted octanol–water partition coefficient (Wildman–Crippen LogP) is 9.37. The molecule has 3 aliphatic rings. The number of carboxylic acid groups (broad SMARTS) is 1. The van der Waals surface area contributed by atoms with Gasteiger partial charge in [-0.2, -0.15) is 0 Å². The third-order valence-corrected chi connectivity index (χ3v) is 13.7. The molecule has 2 fully saturated rings. The average molecular weight is 907 g/mol. The number of carbonyl (C=O) groups excluding carboxylic acids is 3. The number of nitrogens with zero attached hydrogens (tertiary/aromatic N) is 4. The molecule has 0 radical (unpaired) electrons. The summed E-state index contributed by atoms with van der Waals surface area (Å²) >= 11 is 0. The van der Waals surface area contributed by atoms with Crippen molar-refractivity contribution in [3.8, 4) is 0 Å².